The summed E-state index contributed by atoms with van der Waals surface area (Å²) < 4.78 is 29.8. The monoisotopic (exact) mass is 574 g/mol. The fraction of sp³-hybridized carbons (Fsp3) is 0.528. The van der Waals surface area contributed by atoms with E-state index >= 15 is 0 Å². The van der Waals surface area contributed by atoms with Gasteiger partial charge in [-0.3, -0.25) is 4.79 Å². The Morgan fingerprint density at radius 3 is 2.12 bits per heavy atom. The third kappa shape index (κ3) is 6.51. The lowest BCUT2D eigenvalue weighted by molar-refractivity contribution is -0.119. The van der Waals surface area contributed by atoms with E-state index in [1.807, 2.05) is 48.5 Å². The summed E-state index contributed by atoms with van der Waals surface area (Å²) >= 11 is 0. The van der Waals surface area contributed by atoms with Crippen molar-refractivity contribution < 1.29 is 28.5 Å². The standard InChI is InChI=1S/C36H46O6/c1-24-8-7-18-36(4)34(42-36)33(37)32-30(23-40-21-26-9-13-28(38-5)14-10-26)35(3,19-17-24)25(2)20-31(32)41-22-27-11-15-29(39-6)16-12-27/h8-16,25,31,34H,7,17-23H2,1-6H3/t25-,31-,34+,35+,36-/m1/s1. The maximum Gasteiger partial charge on any atom is 0.193 e. The van der Waals surface area contributed by atoms with Crippen LogP contribution in [0.25, 0.3) is 0 Å². The average Bonchev–Trinajstić information content (AvgIpc) is 3.68. The Morgan fingerprint density at radius 1 is 0.881 bits per heavy atom. The van der Waals surface area contributed by atoms with E-state index in [0.29, 0.717) is 25.7 Å². The third-order valence-corrected chi connectivity index (χ3v) is 9.84. The lowest BCUT2D eigenvalue weighted by Crippen LogP contribution is -2.43. The van der Waals surface area contributed by atoms with Gasteiger partial charge in [-0.15, -0.1) is 0 Å². The zero-order valence-electron chi connectivity index (χ0n) is 26.0. The van der Waals surface area contributed by atoms with Gasteiger partial charge in [0.15, 0.2) is 5.78 Å². The predicted octanol–water partition coefficient (Wildman–Crippen LogP) is 7.40. The van der Waals surface area contributed by atoms with E-state index in [-0.39, 0.29) is 17.3 Å². The first kappa shape index (κ1) is 30.5. The van der Waals surface area contributed by atoms with Crippen molar-refractivity contribution >= 4 is 5.78 Å². The van der Waals surface area contributed by atoms with Crippen molar-refractivity contribution in [2.24, 2.45) is 11.3 Å². The van der Waals surface area contributed by atoms with Gasteiger partial charge in [0.05, 0.1) is 40.1 Å². The molecule has 1 heterocycles. The minimum atomic E-state index is -0.443. The fourth-order valence-electron chi connectivity index (χ4n) is 6.57. The number of epoxide rings is 1. The molecule has 42 heavy (non-hydrogen) atoms. The quantitative estimate of drug-likeness (QED) is 0.230. The van der Waals surface area contributed by atoms with Crippen molar-refractivity contribution in [3.8, 4) is 11.5 Å². The van der Waals surface area contributed by atoms with Gasteiger partial charge in [-0.1, -0.05) is 49.8 Å². The zero-order valence-corrected chi connectivity index (χ0v) is 26.0. The number of methoxy groups -OCH3 is 2. The molecule has 3 aliphatic rings. The summed E-state index contributed by atoms with van der Waals surface area (Å²) in [5, 5.41) is 0. The van der Waals surface area contributed by atoms with Crippen molar-refractivity contribution in [3.05, 3.63) is 82.5 Å². The van der Waals surface area contributed by atoms with Crippen LogP contribution in [-0.2, 0) is 32.2 Å². The average molecular weight is 575 g/mol. The van der Waals surface area contributed by atoms with Crippen LogP contribution in [0, 0.1) is 11.3 Å². The summed E-state index contributed by atoms with van der Waals surface area (Å²) in [6, 6.07) is 15.8. The molecule has 2 aromatic carbocycles. The van der Waals surface area contributed by atoms with E-state index in [1.54, 1.807) is 14.2 Å². The number of allylic oxidation sites excluding steroid dienone is 2. The number of ketones is 1. The first-order chi connectivity index (χ1) is 20.2. The smallest absolute Gasteiger partial charge is 0.193 e. The molecule has 1 aliphatic heterocycles. The van der Waals surface area contributed by atoms with Gasteiger partial charge in [0, 0.05) is 5.57 Å². The van der Waals surface area contributed by atoms with Gasteiger partial charge in [-0.25, -0.2) is 0 Å². The van der Waals surface area contributed by atoms with Crippen LogP contribution in [0.15, 0.2) is 71.3 Å². The van der Waals surface area contributed by atoms with Crippen molar-refractivity contribution in [2.45, 2.75) is 90.8 Å². The molecule has 6 heteroatoms. The SMILES string of the molecule is COc1ccc(COCC2=C3C(=O)[C@@H]4O[C@]4(C)CCC=C(C)CC[C@@]2(C)[C@H](C)C[C@H]3OCc2ccc(OC)cc2)cc1. The number of fused-ring (bicyclic) bond motifs is 2. The normalized spacial score (nSPS) is 29.6. The van der Waals surface area contributed by atoms with Crippen LogP contribution in [0.4, 0.5) is 0 Å². The van der Waals surface area contributed by atoms with Crippen LogP contribution in [0.2, 0.25) is 0 Å². The van der Waals surface area contributed by atoms with Crippen LogP contribution < -0.4 is 9.47 Å². The molecule has 5 rings (SSSR count). The molecule has 2 aromatic rings. The maximum absolute atomic E-state index is 14.4. The van der Waals surface area contributed by atoms with Gasteiger partial charge in [0.25, 0.3) is 0 Å². The molecule has 6 nitrogen and oxygen atoms in total. The molecule has 0 aromatic heterocycles. The fourth-order valence-corrected chi connectivity index (χ4v) is 6.57. The van der Waals surface area contributed by atoms with Crippen LogP contribution in [0.1, 0.15) is 70.9 Å². The first-order valence-corrected chi connectivity index (χ1v) is 15.2. The molecule has 226 valence electrons. The molecular formula is C36H46O6. The van der Waals surface area contributed by atoms with Gasteiger partial charge < -0.3 is 23.7 Å². The van der Waals surface area contributed by atoms with Crippen LogP contribution in [-0.4, -0.2) is 44.4 Å². The summed E-state index contributed by atoms with van der Waals surface area (Å²) in [7, 11) is 3.33. The number of ether oxygens (including phenoxy) is 5. The van der Waals surface area contributed by atoms with Crippen molar-refractivity contribution in [3.63, 3.8) is 0 Å². The number of rotatable bonds is 9. The molecule has 0 unspecified atom stereocenters. The Kier molecular flexibility index (Phi) is 9.26. The van der Waals surface area contributed by atoms with Crippen molar-refractivity contribution in [2.75, 3.05) is 20.8 Å². The second-order valence-electron chi connectivity index (χ2n) is 12.7. The van der Waals surface area contributed by atoms with E-state index < -0.39 is 11.7 Å². The van der Waals surface area contributed by atoms with Crippen molar-refractivity contribution in [1.82, 2.24) is 0 Å². The Labute approximate surface area is 251 Å². The molecular weight excluding hydrogens is 528 g/mol. The minimum Gasteiger partial charge on any atom is -0.497 e. The largest absolute Gasteiger partial charge is 0.497 e. The van der Waals surface area contributed by atoms with E-state index in [0.717, 1.165) is 65.9 Å². The third-order valence-electron chi connectivity index (χ3n) is 9.84. The molecule has 0 saturated carbocycles. The first-order valence-electron chi connectivity index (χ1n) is 15.2. The zero-order chi connectivity index (χ0) is 29.9. The molecule has 2 aliphatic carbocycles. The number of Topliss-reactive ketones (excluding diaryl/α,β-unsaturated/α-hetero) is 1. The second-order valence-corrected chi connectivity index (χ2v) is 12.7. The minimum absolute atomic E-state index is 0.0691. The number of carbonyl (C=O) groups is 1. The number of carbonyl (C=O) groups excluding carboxylic acids is 1. The highest BCUT2D eigenvalue weighted by atomic mass is 16.6. The maximum atomic E-state index is 14.4. The summed E-state index contributed by atoms with van der Waals surface area (Å²) in [5.74, 6) is 2.00. The molecule has 0 spiro atoms. The van der Waals surface area contributed by atoms with Gasteiger partial charge in [-0.2, -0.15) is 0 Å². The summed E-state index contributed by atoms with van der Waals surface area (Å²) in [4.78, 5) is 14.4. The highest BCUT2D eigenvalue weighted by Crippen LogP contribution is 2.52. The molecule has 1 fully saturated rings. The number of hydrogen-bond acceptors (Lipinski definition) is 6. The lowest BCUT2D eigenvalue weighted by Gasteiger charge is -2.46. The van der Waals surface area contributed by atoms with Gasteiger partial charge >= 0.3 is 0 Å². The second kappa shape index (κ2) is 12.7. The molecule has 2 bridgehead atoms. The van der Waals surface area contributed by atoms with Gasteiger partial charge in [0.1, 0.15) is 23.2 Å². The molecule has 0 N–H and O–H groups in total. The summed E-state index contributed by atoms with van der Waals surface area (Å²) in [5.41, 5.74) is 4.71. The number of benzene rings is 2. The number of hydrogen-bond donors (Lipinski definition) is 0. The Hall–Kier alpha value is -2.93. The topological polar surface area (TPSA) is 66.5 Å². The predicted molar refractivity (Wildman–Crippen MR) is 164 cm³/mol. The molecule has 5 atom stereocenters. The van der Waals surface area contributed by atoms with Crippen molar-refractivity contribution in [1.29, 1.82) is 0 Å². The highest BCUT2D eigenvalue weighted by Gasteiger charge is 2.59. The summed E-state index contributed by atoms with van der Waals surface area (Å²) in [6.45, 7) is 10.2. The van der Waals surface area contributed by atoms with Gasteiger partial charge in [-0.05, 0) is 98.2 Å². The van der Waals surface area contributed by atoms with E-state index in [4.69, 9.17) is 23.7 Å². The Bertz CT molecular complexity index is 1310. The van der Waals surface area contributed by atoms with E-state index in [2.05, 4.69) is 33.8 Å². The van der Waals surface area contributed by atoms with Crippen LogP contribution in [0.5, 0.6) is 11.5 Å². The molecule has 0 amide bonds. The van der Waals surface area contributed by atoms with Crippen LogP contribution >= 0.6 is 0 Å². The van der Waals surface area contributed by atoms with E-state index in [9.17, 15) is 4.79 Å². The lowest BCUT2D eigenvalue weighted by atomic mass is 9.61. The summed E-state index contributed by atoms with van der Waals surface area (Å²) in [6.07, 6.45) is 6.05. The van der Waals surface area contributed by atoms with Gasteiger partial charge in [0.2, 0.25) is 0 Å². The molecule has 0 radical (unpaired) electrons. The highest BCUT2D eigenvalue weighted by molar-refractivity contribution is 6.03. The Morgan fingerprint density at radius 2 is 1.50 bits per heavy atom. The van der Waals surface area contributed by atoms with Crippen LogP contribution in [0.3, 0.4) is 0 Å². The Balaban J connectivity index is 1.49. The van der Waals surface area contributed by atoms with E-state index in [1.165, 1.54) is 5.57 Å². The molecule has 1 saturated heterocycles.